The molecule has 0 fully saturated rings. The van der Waals surface area contributed by atoms with E-state index in [9.17, 15) is 9.59 Å². The molecule has 0 unspecified atom stereocenters. The third-order valence-electron chi connectivity index (χ3n) is 2.81. The third-order valence-corrected chi connectivity index (χ3v) is 2.81. The van der Waals surface area contributed by atoms with Gasteiger partial charge in [-0.05, 0) is 26.0 Å². The normalized spacial score (nSPS) is 9.89. The van der Waals surface area contributed by atoms with Crippen molar-refractivity contribution in [2.75, 3.05) is 32.6 Å². The largest absolute Gasteiger partial charge is 0.465 e. The Morgan fingerprint density at radius 1 is 1.42 bits per heavy atom. The number of amides is 1. The molecule has 1 rings (SSSR count). The molecule has 0 aromatic carbocycles. The number of likely N-dealkylation sites (N-methyl/N-ethyl adjacent to an activating group) is 1. The van der Waals surface area contributed by atoms with Gasteiger partial charge in [0.05, 0.1) is 24.9 Å². The summed E-state index contributed by atoms with van der Waals surface area (Å²) in [6.45, 7) is 4.46. The second kappa shape index (κ2) is 6.72. The SMILES string of the molecule is CCN(C)C(=O)CNc1ccc(C(=O)OC)c(C)n1. The highest BCUT2D eigenvalue weighted by molar-refractivity contribution is 5.90. The van der Waals surface area contributed by atoms with Gasteiger partial charge in [-0.2, -0.15) is 0 Å². The number of rotatable bonds is 5. The Kier molecular flexibility index (Phi) is 5.29. The molecule has 1 aromatic rings. The molecule has 19 heavy (non-hydrogen) atoms. The molecule has 0 radical (unpaired) electrons. The second-order valence-corrected chi connectivity index (χ2v) is 4.08. The molecule has 0 aliphatic rings. The van der Waals surface area contributed by atoms with Crippen LogP contribution in [0.15, 0.2) is 12.1 Å². The van der Waals surface area contributed by atoms with Crippen LogP contribution in [0.2, 0.25) is 0 Å². The molecule has 0 saturated heterocycles. The Balaban J connectivity index is 2.69. The topological polar surface area (TPSA) is 71.5 Å². The maximum atomic E-state index is 11.6. The van der Waals surface area contributed by atoms with Crippen molar-refractivity contribution in [1.82, 2.24) is 9.88 Å². The second-order valence-electron chi connectivity index (χ2n) is 4.08. The number of ether oxygens (including phenoxy) is 1. The summed E-state index contributed by atoms with van der Waals surface area (Å²) in [5.74, 6) is 0.125. The summed E-state index contributed by atoms with van der Waals surface area (Å²) >= 11 is 0. The van der Waals surface area contributed by atoms with E-state index in [0.29, 0.717) is 23.6 Å². The third kappa shape index (κ3) is 3.94. The van der Waals surface area contributed by atoms with Crippen LogP contribution in [0.3, 0.4) is 0 Å². The van der Waals surface area contributed by atoms with Crippen molar-refractivity contribution in [2.45, 2.75) is 13.8 Å². The van der Waals surface area contributed by atoms with E-state index in [1.54, 1.807) is 31.0 Å². The van der Waals surface area contributed by atoms with Gasteiger partial charge in [-0.3, -0.25) is 4.79 Å². The fraction of sp³-hybridized carbons (Fsp3) is 0.462. The van der Waals surface area contributed by atoms with E-state index in [1.165, 1.54) is 7.11 Å². The van der Waals surface area contributed by atoms with Crippen molar-refractivity contribution < 1.29 is 14.3 Å². The van der Waals surface area contributed by atoms with Gasteiger partial charge < -0.3 is 15.0 Å². The highest BCUT2D eigenvalue weighted by Gasteiger charge is 2.11. The van der Waals surface area contributed by atoms with Crippen molar-refractivity contribution in [3.05, 3.63) is 23.4 Å². The Morgan fingerprint density at radius 2 is 2.11 bits per heavy atom. The smallest absolute Gasteiger partial charge is 0.339 e. The zero-order chi connectivity index (χ0) is 14.4. The summed E-state index contributed by atoms with van der Waals surface area (Å²) in [5, 5.41) is 2.93. The van der Waals surface area contributed by atoms with E-state index >= 15 is 0 Å². The number of hydrogen-bond acceptors (Lipinski definition) is 5. The molecular weight excluding hydrogens is 246 g/mol. The lowest BCUT2D eigenvalue weighted by molar-refractivity contribution is -0.127. The average Bonchev–Trinajstić information content (AvgIpc) is 2.43. The number of methoxy groups -OCH3 is 1. The van der Waals surface area contributed by atoms with Crippen LogP contribution in [-0.2, 0) is 9.53 Å². The van der Waals surface area contributed by atoms with E-state index in [4.69, 9.17) is 0 Å². The molecule has 0 atom stereocenters. The predicted molar refractivity (Wildman–Crippen MR) is 72.1 cm³/mol. The summed E-state index contributed by atoms with van der Waals surface area (Å²) in [6, 6.07) is 3.28. The molecule has 0 aliphatic heterocycles. The number of carbonyl (C=O) groups is 2. The lowest BCUT2D eigenvalue weighted by atomic mass is 10.2. The van der Waals surface area contributed by atoms with Gasteiger partial charge >= 0.3 is 5.97 Å². The Bertz CT molecular complexity index is 474. The average molecular weight is 265 g/mol. The number of aryl methyl sites for hydroxylation is 1. The molecule has 1 heterocycles. The van der Waals surface area contributed by atoms with Crippen LogP contribution < -0.4 is 5.32 Å². The minimum atomic E-state index is -0.418. The van der Waals surface area contributed by atoms with Crippen molar-refractivity contribution in [3.8, 4) is 0 Å². The molecule has 1 N–H and O–H groups in total. The first-order valence-electron chi connectivity index (χ1n) is 6.03. The first-order valence-corrected chi connectivity index (χ1v) is 6.03. The number of hydrogen-bond donors (Lipinski definition) is 1. The zero-order valence-electron chi connectivity index (χ0n) is 11.7. The van der Waals surface area contributed by atoms with Crippen molar-refractivity contribution >= 4 is 17.7 Å². The Morgan fingerprint density at radius 3 is 2.63 bits per heavy atom. The fourth-order valence-corrected chi connectivity index (χ4v) is 1.46. The highest BCUT2D eigenvalue weighted by atomic mass is 16.5. The first-order chi connectivity index (χ1) is 8.99. The summed E-state index contributed by atoms with van der Waals surface area (Å²) in [4.78, 5) is 28.8. The highest BCUT2D eigenvalue weighted by Crippen LogP contribution is 2.11. The summed E-state index contributed by atoms with van der Waals surface area (Å²) in [5.41, 5.74) is 0.984. The summed E-state index contributed by atoms with van der Waals surface area (Å²) in [6.07, 6.45) is 0. The van der Waals surface area contributed by atoms with Gasteiger partial charge in [-0.1, -0.05) is 0 Å². The van der Waals surface area contributed by atoms with Crippen LogP contribution in [0.4, 0.5) is 5.82 Å². The van der Waals surface area contributed by atoms with Gasteiger partial charge in [-0.15, -0.1) is 0 Å². The number of aromatic nitrogens is 1. The summed E-state index contributed by atoms with van der Waals surface area (Å²) < 4.78 is 4.64. The molecule has 1 amide bonds. The molecular formula is C13H19N3O3. The van der Waals surface area contributed by atoms with E-state index < -0.39 is 5.97 Å². The monoisotopic (exact) mass is 265 g/mol. The minimum Gasteiger partial charge on any atom is -0.465 e. The van der Waals surface area contributed by atoms with Crippen LogP contribution in [0, 0.1) is 6.92 Å². The molecule has 6 nitrogen and oxygen atoms in total. The van der Waals surface area contributed by atoms with Gasteiger partial charge in [0.15, 0.2) is 0 Å². The molecule has 0 spiro atoms. The molecule has 6 heteroatoms. The van der Waals surface area contributed by atoms with Crippen LogP contribution in [0.5, 0.6) is 0 Å². The van der Waals surface area contributed by atoms with Gasteiger partial charge in [0.2, 0.25) is 5.91 Å². The van der Waals surface area contributed by atoms with Gasteiger partial charge in [0, 0.05) is 13.6 Å². The van der Waals surface area contributed by atoms with E-state index in [2.05, 4.69) is 15.0 Å². The molecule has 104 valence electrons. The molecule has 0 aliphatic carbocycles. The van der Waals surface area contributed by atoms with Crippen LogP contribution in [-0.4, -0.2) is 49.0 Å². The number of nitrogens with zero attached hydrogens (tertiary/aromatic N) is 2. The number of pyridine rings is 1. The van der Waals surface area contributed by atoms with Crippen molar-refractivity contribution in [2.24, 2.45) is 0 Å². The quantitative estimate of drug-likeness (QED) is 0.806. The van der Waals surface area contributed by atoms with Gasteiger partial charge in [0.25, 0.3) is 0 Å². The van der Waals surface area contributed by atoms with Crippen molar-refractivity contribution in [3.63, 3.8) is 0 Å². The Labute approximate surface area is 112 Å². The standard InChI is InChI=1S/C13H19N3O3/c1-5-16(3)12(17)8-14-11-7-6-10(9(2)15-11)13(18)19-4/h6-7H,5,8H2,1-4H3,(H,14,15). The van der Waals surface area contributed by atoms with Crippen LogP contribution in [0.25, 0.3) is 0 Å². The number of esters is 1. The lowest BCUT2D eigenvalue weighted by Crippen LogP contribution is -2.32. The zero-order valence-corrected chi connectivity index (χ0v) is 11.7. The van der Waals surface area contributed by atoms with Crippen molar-refractivity contribution in [1.29, 1.82) is 0 Å². The molecule has 1 aromatic heterocycles. The van der Waals surface area contributed by atoms with E-state index in [0.717, 1.165) is 0 Å². The number of nitrogens with one attached hydrogen (secondary N) is 1. The van der Waals surface area contributed by atoms with Crippen LogP contribution >= 0.6 is 0 Å². The minimum absolute atomic E-state index is 0.0148. The van der Waals surface area contributed by atoms with E-state index in [1.807, 2.05) is 6.92 Å². The van der Waals surface area contributed by atoms with E-state index in [-0.39, 0.29) is 12.5 Å². The molecule has 0 bridgehead atoms. The molecule has 0 saturated carbocycles. The summed E-state index contributed by atoms with van der Waals surface area (Å²) in [7, 11) is 3.07. The number of carbonyl (C=O) groups excluding carboxylic acids is 2. The lowest BCUT2D eigenvalue weighted by Gasteiger charge is -2.15. The maximum absolute atomic E-state index is 11.6. The van der Waals surface area contributed by atoms with Gasteiger partial charge in [-0.25, -0.2) is 9.78 Å². The van der Waals surface area contributed by atoms with Gasteiger partial charge in [0.1, 0.15) is 5.82 Å². The number of anilines is 1. The Hall–Kier alpha value is -2.11. The maximum Gasteiger partial charge on any atom is 0.339 e. The predicted octanol–water partition coefficient (Wildman–Crippen LogP) is 1.07. The van der Waals surface area contributed by atoms with Crippen LogP contribution in [0.1, 0.15) is 23.0 Å². The first kappa shape index (κ1) is 14.9. The fourth-order valence-electron chi connectivity index (χ4n) is 1.46.